The van der Waals surface area contributed by atoms with Crippen LogP contribution < -0.4 is 33.2 Å². The summed E-state index contributed by atoms with van der Waals surface area (Å²) in [7, 11) is 0. The van der Waals surface area contributed by atoms with Gasteiger partial charge in [-0.25, -0.2) is 14.4 Å². The molecule has 0 aromatic heterocycles. The lowest BCUT2D eigenvalue weighted by Crippen LogP contribution is -2.45. The normalized spacial score (nSPS) is 16.4. The fourth-order valence-corrected chi connectivity index (χ4v) is 10.2. The average molecular weight is 1260 g/mol. The van der Waals surface area contributed by atoms with Crippen LogP contribution in [0.25, 0.3) is 11.1 Å². The van der Waals surface area contributed by atoms with Gasteiger partial charge in [0.2, 0.25) is 0 Å². The number of ether oxygens (including phenoxy) is 13. The standard InChI is InChI=1S/C46H52O10.C26H31F3O6/c1-32-43-26-37(55-45(47)33-10-14-35(15-11-33)51-24-8-4-2-6-22-49-28-39-30-53-39)18-20-41(43)42-21-19-38(27-44(32)42)56-46(48)34-12-16-36(17-13-34)52-25-9-5-3-7-23-50-29-40-31-54-40;1-2-25(18-32-19-25)17-31-15-5-3-4-6-16-33-21-9-7-20(8-10-21)24(30)34-22-11-13-23(14-12-22)35-26(27,28)29/h10-21,26-27,32,39-40H,2-9,22-25,28-31H2,1H3;7-14H,2-6,15-19H2,1H3. The molecule has 2 atom stereocenters. The molecule has 1 aliphatic carbocycles. The number of carbonyl (C=O) groups is 3. The molecule has 6 aromatic carbocycles. The number of esters is 3. The van der Waals surface area contributed by atoms with Crippen molar-refractivity contribution in [3.05, 3.63) is 161 Å². The number of carbonyl (C=O) groups excluding carboxylic acids is 3. The summed E-state index contributed by atoms with van der Waals surface area (Å²) in [5.74, 6) is 1.27. The number of epoxide rings is 2. The predicted octanol–water partition coefficient (Wildman–Crippen LogP) is 15.2. The molecule has 10 rings (SSSR count). The van der Waals surface area contributed by atoms with Crippen molar-refractivity contribution in [1.29, 1.82) is 0 Å². The molecule has 0 spiro atoms. The number of hydrogen-bond acceptors (Lipinski definition) is 16. The van der Waals surface area contributed by atoms with Crippen molar-refractivity contribution >= 4 is 17.9 Å². The number of benzene rings is 6. The molecule has 19 heteroatoms. The SMILES string of the molecule is CC1c2cc(OC(=O)c3ccc(OCCCCCCOCC4CO4)cc3)ccc2-c2ccc(OC(=O)c3ccc(OCCCCCCOCC4CO4)cc3)cc21.CCC1(COCCCCCCOc2ccc(C(=O)Oc3ccc(OC(F)(F)F)cc3)cc2)COC1. The van der Waals surface area contributed by atoms with E-state index < -0.39 is 30.0 Å². The van der Waals surface area contributed by atoms with Crippen LogP contribution in [0, 0.1) is 5.41 Å². The van der Waals surface area contributed by atoms with Crippen LogP contribution in [0.2, 0.25) is 0 Å². The molecule has 0 saturated carbocycles. The van der Waals surface area contributed by atoms with E-state index in [4.69, 9.17) is 56.8 Å². The zero-order valence-electron chi connectivity index (χ0n) is 52.0. The Labute approximate surface area is 530 Å². The van der Waals surface area contributed by atoms with Gasteiger partial charge >= 0.3 is 24.3 Å². The van der Waals surface area contributed by atoms with E-state index in [9.17, 15) is 27.6 Å². The molecule has 4 aliphatic rings. The monoisotopic (exact) mass is 1260 g/mol. The zero-order valence-corrected chi connectivity index (χ0v) is 52.0. The third-order valence-corrected chi connectivity index (χ3v) is 16.0. The molecule has 3 fully saturated rings. The molecular weight excluding hydrogens is 1180 g/mol. The molecule has 0 radical (unpaired) electrons. The van der Waals surface area contributed by atoms with E-state index in [1.165, 1.54) is 12.1 Å². The zero-order chi connectivity index (χ0) is 63.7. The Morgan fingerprint density at radius 2 is 0.791 bits per heavy atom. The highest BCUT2D eigenvalue weighted by molar-refractivity contribution is 5.93. The van der Waals surface area contributed by atoms with Gasteiger partial charge in [-0.15, -0.1) is 13.2 Å². The minimum atomic E-state index is -4.78. The number of hydrogen-bond donors (Lipinski definition) is 0. The second-order valence-corrected chi connectivity index (χ2v) is 23.2. The van der Waals surface area contributed by atoms with Crippen molar-refractivity contribution in [2.45, 2.75) is 122 Å². The Morgan fingerprint density at radius 3 is 1.14 bits per heavy atom. The Balaban J connectivity index is 0.000000241. The fraction of sp³-hybridized carbons (Fsp3) is 0.458. The Morgan fingerprint density at radius 1 is 0.451 bits per heavy atom. The van der Waals surface area contributed by atoms with E-state index in [0.717, 1.165) is 182 Å². The van der Waals surface area contributed by atoms with E-state index in [-0.39, 0.29) is 17.1 Å². The highest BCUT2D eigenvalue weighted by Crippen LogP contribution is 2.47. The average Bonchev–Trinajstić information content (AvgIpc) is 1.67. The maximum absolute atomic E-state index is 13.0. The third kappa shape index (κ3) is 22.7. The lowest BCUT2D eigenvalue weighted by molar-refractivity contribution is -0.274. The Kier molecular flexibility index (Phi) is 25.9. The number of rotatable bonds is 38. The van der Waals surface area contributed by atoms with Crippen molar-refractivity contribution < 1.29 is 89.1 Å². The van der Waals surface area contributed by atoms with Crippen molar-refractivity contribution in [3.8, 4) is 51.4 Å². The summed E-state index contributed by atoms with van der Waals surface area (Å²) < 4.78 is 107. The van der Waals surface area contributed by atoms with Crippen LogP contribution in [0.15, 0.2) is 133 Å². The van der Waals surface area contributed by atoms with Crippen molar-refractivity contribution in [2.24, 2.45) is 5.41 Å². The molecule has 2 unspecified atom stereocenters. The summed E-state index contributed by atoms with van der Waals surface area (Å²) in [5.41, 5.74) is 5.64. The van der Waals surface area contributed by atoms with Crippen LogP contribution in [0.3, 0.4) is 0 Å². The van der Waals surface area contributed by atoms with Crippen LogP contribution in [0.4, 0.5) is 13.2 Å². The quantitative estimate of drug-likeness (QED) is 0.0155. The van der Waals surface area contributed by atoms with Gasteiger partial charge in [0.25, 0.3) is 0 Å². The van der Waals surface area contributed by atoms with Crippen molar-refractivity contribution in [2.75, 3.05) is 85.9 Å². The molecule has 91 heavy (non-hydrogen) atoms. The molecule has 488 valence electrons. The number of alkyl halides is 3. The van der Waals surface area contributed by atoms with E-state index in [0.29, 0.717) is 79.2 Å². The molecule has 0 amide bonds. The van der Waals surface area contributed by atoms with E-state index >= 15 is 0 Å². The highest BCUT2D eigenvalue weighted by Gasteiger charge is 2.37. The number of fused-ring (bicyclic) bond motifs is 3. The van der Waals surface area contributed by atoms with Gasteiger partial charge in [0, 0.05) is 31.2 Å². The molecule has 0 N–H and O–H groups in total. The van der Waals surface area contributed by atoms with Gasteiger partial charge in [0.15, 0.2) is 0 Å². The van der Waals surface area contributed by atoms with Crippen LogP contribution in [-0.4, -0.2) is 122 Å². The molecule has 6 aromatic rings. The summed E-state index contributed by atoms with van der Waals surface area (Å²) >= 11 is 0. The molecule has 16 nitrogen and oxygen atoms in total. The van der Waals surface area contributed by atoms with Gasteiger partial charge in [-0.3, -0.25) is 0 Å². The lowest BCUT2D eigenvalue weighted by atomic mass is 9.84. The van der Waals surface area contributed by atoms with E-state index in [2.05, 4.69) is 18.6 Å². The largest absolute Gasteiger partial charge is 0.573 e. The summed E-state index contributed by atoms with van der Waals surface area (Å²) in [6, 6.07) is 36.6. The lowest BCUT2D eigenvalue weighted by Gasteiger charge is -2.40. The molecular formula is C72H83F3O16. The summed E-state index contributed by atoms with van der Waals surface area (Å²) in [6.07, 6.45) is 9.39. The first-order valence-electron chi connectivity index (χ1n) is 31.8. The smallest absolute Gasteiger partial charge is 0.494 e. The first-order valence-corrected chi connectivity index (χ1v) is 31.8. The minimum absolute atomic E-state index is 0.0108. The van der Waals surface area contributed by atoms with E-state index in [1.54, 1.807) is 72.8 Å². The van der Waals surface area contributed by atoms with Gasteiger partial charge in [-0.05, 0) is 208 Å². The van der Waals surface area contributed by atoms with E-state index in [1.807, 2.05) is 36.4 Å². The maximum Gasteiger partial charge on any atom is 0.573 e. The molecule has 3 aliphatic heterocycles. The van der Waals surface area contributed by atoms with Gasteiger partial charge in [-0.2, -0.15) is 0 Å². The first kappa shape index (κ1) is 67.9. The third-order valence-electron chi connectivity index (χ3n) is 16.0. The summed E-state index contributed by atoms with van der Waals surface area (Å²) in [6.45, 7) is 13.9. The topological polar surface area (TPSA) is 178 Å². The Hall–Kier alpha value is -7.52. The van der Waals surface area contributed by atoms with Gasteiger partial charge in [0.1, 0.15) is 52.5 Å². The summed E-state index contributed by atoms with van der Waals surface area (Å²) in [5, 5.41) is 0. The minimum Gasteiger partial charge on any atom is -0.494 e. The number of halogens is 3. The molecule has 3 saturated heterocycles. The molecule has 3 heterocycles. The first-order chi connectivity index (χ1) is 44.3. The van der Waals surface area contributed by atoms with Gasteiger partial charge in [-0.1, -0.05) is 45.2 Å². The Bertz CT molecular complexity index is 3050. The van der Waals surface area contributed by atoms with Crippen LogP contribution in [-0.2, 0) is 28.4 Å². The van der Waals surface area contributed by atoms with Crippen molar-refractivity contribution in [1.82, 2.24) is 0 Å². The van der Waals surface area contributed by atoms with Gasteiger partial charge < -0.3 is 61.6 Å². The van der Waals surface area contributed by atoms with Gasteiger partial charge in [0.05, 0.1) is 82.8 Å². The van der Waals surface area contributed by atoms with Crippen LogP contribution >= 0.6 is 0 Å². The number of unbranched alkanes of at least 4 members (excludes halogenated alkanes) is 9. The predicted molar refractivity (Wildman–Crippen MR) is 334 cm³/mol. The molecule has 0 bridgehead atoms. The second-order valence-electron chi connectivity index (χ2n) is 23.2. The fourth-order valence-electron chi connectivity index (χ4n) is 10.2. The second kappa shape index (κ2) is 34.8. The van der Waals surface area contributed by atoms with Crippen LogP contribution in [0.1, 0.15) is 145 Å². The summed E-state index contributed by atoms with van der Waals surface area (Å²) in [4.78, 5) is 38.3. The highest BCUT2D eigenvalue weighted by atomic mass is 19.4. The van der Waals surface area contributed by atoms with Crippen LogP contribution in [0.5, 0.6) is 40.2 Å². The van der Waals surface area contributed by atoms with Crippen molar-refractivity contribution in [3.63, 3.8) is 0 Å². The maximum atomic E-state index is 13.0.